The molecule has 1 unspecified atom stereocenters. The number of nitrogens with zero attached hydrogens (tertiary/aromatic N) is 3. The van der Waals surface area contributed by atoms with E-state index in [1.54, 1.807) is 4.57 Å². The standard InChI is InChI=1S/C25H31N5O3/c31-23(8-14-30-22-4-2-1-3-21(22)28-24(30)32)27-17-20-5-9-25(33-20)10-15-29(16-11-25)18-19-6-12-26-13-7-19/h1-4,6-7,12-13,20H,5,8-11,14-18H2,(H,27,31)(H,28,32). The number of fused-ring (bicyclic) bond motifs is 1. The number of nitrogens with one attached hydrogen (secondary N) is 2. The van der Waals surface area contributed by atoms with Crippen LogP contribution in [0.3, 0.4) is 0 Å². The first-order valence-corrected chi connectivity index (χ1v) is 11.8. The summed E-state index contributed by atoms with van der Waals surface area (Å²) in [6.45, 7) is 3.90. The Morgan fingerprint density at radius 3 is 2.76 bits per heavy atom. The predicted octanol–water partition coefficient (Wildman–Crippen LogP) is 2.44. The zero-order valence-electron chi connectivity index (χ0n) is 18.8. The van der Waals surface area contributed by atoms with Crippen molar-refractivity contribution in [2.24, 2.45) is 0 Å². The minimum absolute atomic E-state index is 0.0402. The summed E-state index contributed by atoms with van der Waals surface area (Å²) in [6.07, 6.45) is 8.13. The number of aromatic nitrogens is 3. The topological polar surface area (TPSA) is 92.2 Å². The molecule has 8 heteroatoms. The fourth-order valence-electron chi connectivity index (χ4n) is 5.13. The minimum Gasteiger partial charge on any atom is -0.370 e. The molecule has 2 aliphatic heterocycles. The monoisotopic (exact) mass is 449 g/mol. The van der Waals surface area contributed by atoms with Gasteiger partial charge in [0.2, 0.25) is 5.91 Å². The molecule has 0 radical (unpaired) electrons. The van der Waals surface area contributed by atoms with Gasteiger partial charge in [-0.15, -0.1) is 0 Å². The fraction of sp³-hybridized carbons (Fsp3) is 0.480. The van der Waals surface area contributed by atoms with Crippen LogP contribution in [0, 0.1) is 0 Å². The molecule has 1 amide bonds. The van der Waals surface area contributed by atoms with Gasteiger partial charge in [0.25, 0.3) is 0 Å². The van der Waals surface area contributed by atoms with E-state index < -0.39 is 0 Å². The van der Waals surface area contributed by atoms with Gasteiger partial charge in [0.1, 0.15) is 0 Å². The van der Waals surface area contributed by atoms with Crippen LogP contribution < -0.4 is 11.0 Å². The van der Waals surface area contributed by atoms with Crippen LogP contribution in [0.25, 0.3) is 11.0 Å². The number of ether oxygens (including phenoxy) is 1. The van der Waals surface area contributed by atoms with Crippen LogP contribution >= 0.6 is 0 Å². The van der Waals surface area contributed by atoms with Gasteiger partial charge in [0.05, 0.1) is 22.7 Å². The van der Waals surface area contributed by atoms with Gasteiger partial charge < -0.3 is 15.0 Å². The molecule has 3 aromatic rings. The van der Waals surface area contributed by atoms with E-state index in [1.807, 2.05) is 36.7 Å². The molecule has 2 aliphatic rings. The second-order valence-corrected chi connectivity index (χ2v) is 9.25. The maximum Gasteiger partial charge on any atom is 0.326 e. The SMILES string of the molecule is O=C(CCn1c(=O)[nH]c2ccccc21)NCC1CCC2(CCN(Cc3ccncc3)CC2)O1. The number of rotatable bonds is 7. The van der Waals surface area contributed by atoms with Gasteiger partial charge >= 0.3 is 5.69 Å². The third-order valence-corrected chi connectivity index (χ3v) is 7.03. The number of H-pyrrole nitrogens is 1. The average molecular weight is 450 g/mol. The Bertz CT molecular complexity index is 1150. The molecular weight excluding hydrogens is 418 g/mol. The molecular formula is C25H31N5O3. The van der Waals surface area contributed by atoms with E-state index in [9.17, 15) is 9.59 Å². The number of amides is 1. The number of benzene rings is 1. The first-order valence-electron chi connectivity index (χ1n) is 11.8. The molecule has 2 fully saturated rings. The van der Waals surface area contributed by atoms with Gasteiger partial charge in [-0.1, -0.05) is 12.1 Å². The number of carbonyl (C=O) groups is 1. The summed E-state index contributed by atoms with van der Waals surface area (Å²) in [4.78, 5) is 34.0. The molecule has 0 bridgehead atoms. The molecule has 2 saturated heterocycles. The van der Waals surface area contributed by atoms with Crippen molar-refractivity contribution in [1.82, 2.24) is 24.8 Å². The van der Waals surface area contributed by atoms with Crippen LogP contribution in [0.2, 0.25) is 0 Å². The maximum absolute atomic E-state index is 12.4. The summed E-state index contributed by atoms with van der Waals surface area (Å²) in [5.74, 6) is -0.0519. The molecule has 1 atom stereocenters. The number of pyridine rings is 1. The van der Waals surface area contributed by atoms with Crippen molar-refractivity contribution in [2.75, 3.05) is 19.6 Å². The predicted molar refractivity (Wildman–Crippen MR) is 126 cm³/mol. The number of imidazole rings is 1. The molecule has 0 saturated carbocycles. The van der Waals surface area contributed by atoms with Gasteiger partial charge in [-0.25, -0.2) is 4.79 Å². The zero-order valence-corrected chi connectivity index (χ0v) is 18.8. The molecule has 4 heterocycles. The largest absolute Gasteiger partial charge is 0.370 e. The summed E-state index contributed by atoms with van der Waals surface area (Å²) >= 11 is 0. The Balaban J connectivity index is 1.06. The lowest BCUT2D eigenvalue weighted by Gasteiger charge is -2.39. The van der Waals surface area contributed by atoms with Crippen molar-refractivity contribution < 1.29 is 9.53 Å². The lowest BCUT2D eigenvalue weighted by atomic mass is 9.88. The molecule has 0 aliphatic carbocycles. The summed E-state index contributed by atoms with van der Waals surface area (Å²) in [5.41, 5.74) is 2.69. The van der Waals surface area contributed by atoms with Gasteiger partial charge in [-0.2, -0.15) is 0 Å². The molecule has 8 nitrogen and oxygen atoms in total. The summed E-state index contributed by atoms with van der Waals surface area (Å²) in [5, 5.41) is 3.01. The normalized spacial score (nSPS) is 20.4. The Kier molecular flexibility index (Phi) is 6.28. The average Bonchev–Trinajstić information content (AvgIpc) is 3.38. The summed E-state index contributed by atoms with van der Waals surface area (Å²) in [6, 6.07) is 11.7. The van der Waals surface area contributed by atoms with Gasteiger partial charge in [-0.05, 0) is 55.5 Å². The van der Waals surface area contributed by atoms with Crippen LogP contribution in [-0.4, -0.2) is 56.7 Å². The molecule has 5 rings (SSSR count). The molecule has 1 aromatic carbocycles. The Morgan fingerprint density at radius 1 is 1.15 bits per heavy atom. The first-order chi connectivity index (χ1) is 16.1. The second-order valence-electron chi connectivity index (χ2n) is 9.25. The number of hydrogen-bond acceptors (Lipinski definition) is 5. The van der Waals surface area contributed by atoms with Crippen molar-refractivity contribution in [3.8, 4) is 0 Å². The second kappa shape index (κ2) is 9.49. The highest BCUT2D eigenvalue weighted by Crippen LogP contribution is 2.39. The van der Waals surface area contributed by atoms with E-state index in [-0.39, 0.29) is 29.7 Å². The number of aromatic amines is 1. The lowest BCUT2D eigenvalue weighted by Crippen LogP contribution is -2.44. The highest BCUT2D eigenvalue weighted by Gasteiger charge is 2.42. The van der Waals surface area contributed by atoms with Crippen LogP contribution in [0.4, 0.5) is 0 Å². The molecule has 2 N–H and O–H groups in total. The number of hydrogen-bond donors (Lipinski definition) is 2. The van der Waals surface area contributed by atoms with E-state index in [1.165, 1.54) is 5.56 Å². The lowest BCUT2D eigenvalue weighted by molar-refractivity contribution is -0.123. The Labute approximate surface area is 193 Å². The minimum atomic E-state index is -0.180. The number of likely N-dealkylation sites (tertiary alicyclic amines) is 1. The van der Waals surface area contributed by atoms with Crippen molar-refractivity contribution in [2.45, 2.75) is 56.9 Å². The van der Waals surface area contributed by atoms with E-state index in [0.717, 1.165) is 56.4 Å². The molecule has 2 aromatic heterocycles. The zero-order chi connectivity index (χ0) is 22.7. The highest BCUT2D eigenvalue weighted by molar-refractivity contribution is 5.77. The van der Waals surface area contributed by atoms with E-state index in [0.29, 0.717) is 13.1 Å². The van der Waals surface area contributed by atoms with Crippen LogP contribution in [0.15, 0.2) is 53.6 Å². The number of piperidine rings is 1. The third-order valence-electron chi connectivity index (χ3n) is 7.03. The maximum atomic E-state index is 12.4. The van der Waals surface area contributed by atoms with Crippen molar-refractivity contribution in [3.63, 3.8) is 0 Å². The van der Waals surface area contributed by atoms with Gasteiger partial charge in [0.15, 0.2) is 0 Å². The summed E-state index contributed by atoms with van der Waals surface area (Å²) < 4.78 is 8.08. The first kappa shape index (κ1) is 21.9. The third kappa shape index (κ3) is 5.02. The smallest absolute Gasteiger partial charge is 0.326 e. The quantitative estimate of drug-likeness (QED) is 0.578. The Hall–Kier alpha value is -2.97. The number of para-hydroxylation sites is 2. The van der Waals surface area contributed by atoms with Crippen LogP contribution in [0.1, 0.15) is 37.7 Å². The number of aryl methyl sites for hydroxylation is 1. The summed E-state index contributed by atoms with van der Waals surface area (Å²) in [7, 11) is 0. The Morgan fingerprint density at radius 2 is 1.94 bits per heavy atom. The van der Waals surface area contributed by atoms with Crippen LogP contribution in [-0.2, 0) is 22.6 Å². The molecule has 174 valence electrons. The highest BCUT2D eigenvalue weighted by atomic mass is 16.5. The van der Waals surface area contributed by atoms with E-state index in [2.05, 4.69) is 32.3 Å². The van der Waals surface area contributed by atoms with E-state index in [4.69, 9.17) is 4.74 Å². The van der Waals surface area contributed by atoms with Gasteiger partial charge in [-0.3, -0.25) is 19.2 Å². The fourth-order valence-corrected chi connectivity index (χ4v) is 5.13. The van der Waals surface area contributed by atoms with Crippen molar-refractivity contribution in [3.05, 3.63) is 64.8 Å². The molecule has 33 heavy (non-hydrogen) atoms. The van der Waals surface area contributed by atoms with Crippen LogP contribution in [0.5, 0.6) is 0 Å². The van der Waals surface area contributed by atoms with E-state index >= 15 is 0 Å². The van der Waals surface area contributed by atoms with Gasteiger partial charge in [0, 0.05) is 51.5 Å². The van der Waals surface area contributed by atoms with Crippen molar-refractivity contribution in [1.29, 1.82) is 0 Å². The van der Waals surface area contributed by atoms with Crippen molar-refractivity contribution >= 4 is 16.9 Å². The number of carbonyl (C=O) groups excluding carboxylic acids is 1. The molecule has 1 spiro atoms.